The van der Waals surface area contributed by atoms with Crippen LogP contribution in [0.4, 0.5) is 0 Å². The SMILES string of the molecule is CC.COc1cc2c(c(OC)c1)C(CN)=CCC2. The van der Waals surface area contributed by atoms with Gasteiger partial charge in [-0.25, -0.2) is 0 Å². The Labute approximate surface area is 110 Å². The summed E-state index contributed by atoms with van der Waals surface area (Å²) in [5.41, 5.74) is 9.34. The van der Waals surface area contributed by atoms with Gasteiger partial charge in [-0.2, -0.15) is 0 Å². The van der Waals surface area contributed by atoms with E-state index in [1.54, 1.807) is 14.2 Å². The summed E-state index contributed by atoms with van der Waals surface area (Å²) in [5, 5.41) is 0. The molecule has 2 N–H and O–H groups in total. The molecule has 3 heteroatoms. The van der Waals surface area contributed by atoms with Gasteiger partial charge in [0.25, 0.3) is 0 Å². The summed E-state index contributed by atoms with van der Waals surface area (Å²) in [6.07, 6.45) is 4.25. The van der Waals surface area contributed by atoms with E-state index in [1.165, 1.54) is 11.1 Å². The molecule has 1 aliphatic carbocycles. The van der Waals surface area contributed by atoms with E-state index in [0.29, 0.717) is 6.54 Å². The minimum absolute atomic E-state index is 0.551. The van der Waals surface area contributed by atoms with E-state index in [1.807, 2.05) is 19.9 Å². The van der Waals surface area contributed by atoms with Crippen LogP contribution in [0.25, 0.3) is 5.57 Å². The highest BCUT2D eigenvalue weighted by Crippen LogP contribution is 2.37. The summed E-state index contributed by atoms with van der Waals surface area (Å²) in [6, 6.07) is 3.98. The molecule has 0 saturated carbocycles. The van der Waals surface area contributed by atoms with Crippen molar-refractivity contribution in [2.45, 2.75) is 26.7 Å². The van der Waals surface area contributed by atoms with Crippen LogP contribution in [0.1, 0.15) is 31.4 Å². The number of ether oxygens (including phenoxy) is 2. The molecule has 0 radical (unpaired) electrons. The molecule has 1 aliphatic rings. The standard InChI is InChI=1S/C13H17NO2.C2H6/c1-15-11-6-9-4-3-5-10(8-14)13(9)12(7-11)16-2;1-2/h5-7H,3-4,8,14H2,1-2H3;1-2H3. The molecular weight excluding hydrogens is 226 g/mol. The fourth-order valence-corrected chi connectivity index (χ4v) is 2.18. The molecular formula is C15H23NO2. The molecule has 1 aromatic rings. The molecule has 1 aromatic carbocycles. The van der Waals surface area contributed by atoms with Crippen molar-refractivity contribution < 1.29 is 9.47 Å². The zero-order valence-corrected chi connectivity index (χ0v) is 11.7. The first-order chi connectivity index (χ1) is 8.80. The molecule has 2 rings (SSSR count). The second-order valence-electron chi connectivity index (χ2n) is 3.84. The van der Waals surface area contributed by atoms with Crippen LogP contribution in [-0.4, -0.2) is 20.8 Å². The Morgan fingerprint density at radius 3 is 2.44 bits per heavy atom. The number of hydrogen-bond acceptors (Lipinski definition) is 3. The Bertz CT molecular complexity index is 425. The smallest absolute Gasteiger partial charge is 0.130 e. The maximum Gasteiger partial charge on any atom is 0.130 e. The first-order valence-corrected chi connectivity index (χ1v) is 6.44. The minimum Gasteiger partial charge on any atom is -0.497 e. The fraction of sp³-hybridized carbons (Fsp3) is 0.467. The van der Waals surface area contributed by atoms with E-state index in [0.717, 1.165) is 29.9 Å². The van der Waals surface area contributed by atoms with Crippen LogP contribution in [-0.2, 0) is 6.42 Å². The summed E-state index contributed by atoms with van der Waals surface area (Å²) in [5.74, 6) is 1.69. The third-order valence-electron chi connectivity index (χ3n) is 2.96. The molecule has 0 spiro atoms. The van der Waals surface area contributed by atoms with Crippen LogP contribution in [0.3, 0.4) is 0 Å². The molecule has 0 saturated heterocycles. The van der Waals surface area contributed by atoms with Gasteiger partial charge in [0.1, 0.15) is 11.5 Å². The summed E-state index contributed by atoms with van der Waals surface area (Å²) in [6.45, 7) is 4.55. The molecule has 0 aliphatic heterocycles. The Morgan fingerprint density at radius 2 is 1.89 bits per heavy atom. The Kier molecular flexibility index (Phi) is 5.72. The van der Waals surface area contributed by atoms with Crippen LogP contribution in [0.2, 0.25) is 0 Å². The van der Waals surface area contributed by atoms with E-state index in [9.17, 15) is 0 Å². The first-order valence-electron chi connectivity index (χ1n) is 6.44. The van der Waals surface area contributed by atoms with E-state index in [4.69, 9.17) is 15.2 Å². The summed E-state index contributed by atoms with van der Waals surface area (Å²) >= 11 is 0. The maximum atomic E-state index is 5.76. The highest BCUT2D eigenvalue weighted by molar-refractivity contribution is 5.76. The Morgan fingerprint density at radius 1 is 1.17 bits per heavy atom. The number of hydrogen-bond donors (Lipinski definition) is 1. The van der Waals surface area contributed by atoms with Crippen LogP contribution < -0.4 is 15.2 Å². The quantitative estimate of drug-likeness (QED) is 0.895. The van der Waals surface area contributed by atoms with Crippen molar-refractivity contribution in [2.24, 2.45) is 5.73 Å². The van der Waals surface area contributed by atoms with Gasteiger partial charge in [0.05, 0.1) is 14.2 Å². The molecule has 100 valence electrons. The van der Waals surface area contributed by atoms with Gasteiger partial charge in [0.2, 0.25) is 0 Å². The molecule has 18 heavy (non-hydrogen) atoms. The fourth-order valence-electron chi connectivity index (χ4n) is 2.18. The van der Waals surface area contributed by atoms with E-state index in [2.05, 4.69) is 12.1 Å². The highest BCUT2D eigenvalue weighted by Gasteiger charge is 2.17. The molecule has 0 amide bonds. The normalized spacial score (nSPS) is 12.8. The molecule has 0 heterocycles. The Hall–Kier alpha value is -1.48. The average Bonchev–Trinajstić information content (AvgIpc) is 2.47. The van der Waals surface area contributed by atoms with Gasteiger partial charge in [-0.15, -0.1) is 0 Å². The second-order valence-corrected chi connectivity index (χ2v) is 3.84. The minimum atomic E-state index is 0.551. The zero-order valence-electron chi connectivity index (χ0n) is 11.7. The van der Waals surface area contributed by atoms with Crippen molar-refractivity contribution in [1.29, 1.82) is 0 Å². The lowest BCUT2D eigenvalue weighted by atomic mass is 9.90. The van der Waals surface area contributed by atoms with E-state index < -0.39 is 0 Å². The third-order valence-corrected chi connectivity index (χ3v) is 2.96. The second kappa shape index (κ2) is 7.07. The number of aryl methyl sites for hydroxylation is 1. The lowest BCUT2D eigenvalue weighted by Gasteiger charge is -2.20. The number of nitrogens with two attached hydrogens (primary N) is 1. The average molecular weight is 249 g/mol. The van der Waals surface area contributed by atoms with Gasteiger partial charge in [-0.1, -0.05) is 19.9 Å². The first kappa shape index (κ1) is 14.6. The topological polar surface area (TPSA) is 44.5 Å². The number of allylic oxidation sites excluding steroid dienone is 1. The summed E-state index contributed by atoms with van der Waals surface area (Å²) < 4.78 is 10.7. The van der Waals surface area contributed by atoms with Crippen molar-refractivity contribution in [3.8, 4) is 11.5 Å². The van der Waals surface area contributed by atoms with Gasteiger partial charge < -0.3 is 15.2 Å². The van der Waals surface area contributed by atoms with E-state index in [-0.39, 0.29) is 0 Å². The van der Waals surface area contributed by atoms with E-state index >= 15 is 0 Å². The van der Waals surface area contributed by atoms with Crippen molar-refractivity contribution in [2.75, 3.05) is 20.8 Å². The highest BCUT2D eigenvalue weighted by atomic mass is 16.5. The van der Waals surface area contributed by atoms with Crippen LogP contribution >= 0.6 is 0 Å². The molecule has 3 nitrogen and oxygen atoms in total. The monoisotopic (exact) mass is 249 g/mol. The van der Waals surface area contributed by atoms with Gasteiger partial charge >= 0.3 is 0 Å². The summed E-state index contributed by atoms with van der Waals surface area (Å²) in [4.78, 5) is 0. The van der Waals surface area contributed by atoms with Crippen molar-refractivity contribution in [1.82, 2.24) is 0 Å². The zero-order chi connectivity index (χ0) is 13.5. The van der Waals surface area contributed by atoms with Gasteiger partial charge in [0, 0.05) is 18.2 Å². The molecule has 0 unspecified atom stereocenters. The largest absolute Gasteiger partial charge is 0.497 e. The molecule has 0 fully saturated rings. The Balaban J connectivity index is 0.000000771. The lowest BCUT2D eigenvalue weighted by molar-refractivity contribution is 0.392. The number of methoxy groups -OCH3 is 2. The van der Waals surface area contributed by atoms with Crippen molar-refractivity contribution >= 4 is 5.57 Å². The number of rotatable bonds is 3. The number of benzene rings is 1. The summed E-state index contributed by atoms with van der Waals surface area (Å²) in [7, 11) is 3.35. The van der Waals surface area contributed by atoms with Crippen LogP contribution in [0.5, 0.6) is 11.5 Å². The number of fused-ring (bicyclic) bond motifs is 1. The molecule has 0 bridgehead atoms. The molecule has 0 aromatic heterocycles. The molecule has 0 atom stereocenters. The maximum absolute atomic E-state index is 5.76. The van der Waals surface area contributed by atoms with Gasteiger partial charge in [-0.3, -0.25) is 0 Å². The predicted molar refractivity (Wildman–Crippen MR) is 76.2 cm³/mol. The predicted octanol–water partition coefficient (Wildman–Crippen LogP) is 3.02. The van der Waals surface area contributed by atoms with Crippen LogP contribution in [0.15, 0.2) is 18.2 Å². The van der Waals surface area contributed by atoms with Gasteiger partial charge in [0.15, 0.2) is 0 Å². The van der Waals surface area contributed by atoms with Crippen molar-refractivity contribution in [3.63, 3.8) is 0 Å². The third kappa shape index (κ3) is 2.85. The van der Waals surface area contributed by atoms with Gasteiger partial charge in [-0.05, 0) is 30.0 Å². The van der Waals surface area contributed by atoms with Crippen molar-refractivity contribution in [3.05, 3.63) is 29.3 Å². The van der Waals surface area contributed by atoms with Crippen LogP contribution in [0, 0.1) is 0 Å². The lowest BCUT2D eigenvalue weighted by Crippen LogP contribution is -2.10.